The van der Waals surface area contributed by atoms with E-state index >= 15 is 0 Å². The smallest absolute Gasteiger partial charge is 0.262 e. The molecule has 0 fully saturated rings. The molecule has 2 amide bonds. The summed E-state index contributed by atoms with van der Waals surface area (Å²) in [7, 11) is 0. The van der Waals surface area contributed by atoms with E-state index in [4.69, 9.17) is 0 Å². The second-order valence-corrected chi connectivity index (χ2v) is 5.69. The summed E-state index contributed by atoms with van der Waals surface area (Å²) >= 11 is 0. The number of imide groups is 1. The molecule has 0 aromatic heterocycles. The summed E-state index contributed by atoms with van der Waals surface area (Å²) < 4.78 is 0. The molecule has 0 unspecified atom stereocenters. The van der Waals surface area contributed by atoms with E-state index in [1.807, 2.05) is 0 Å². The minimum atomic E-state index is -1.25. The van der Waals surface area contributed by atoms with Crippen molar-refractivity contribution in [1.82, 2.24) is 4.90 Å². The van der Waals surface area contributed by atoms with Gasteiger partial charge in [0.15, 0.2) is 0 Å². The van der Waals surface area contributed by atoms with Crippen LogP contribution in [0.15, 0.2) is 54.6 Å². The molecule has 126 valence electrons. The Morgan fingerprint density at radius 1 is 0.960 bits per heavy atom. The van der Waals surface area contributed by atoms with E-state index < -0.39 is 35.2 Å². The highest BCUT2D eigenvalue weighted by molar-refractivity contribution is 6.22. The van der Waals surface area contributed by atoms with Gasteiger partial charge in [0.2, 0.25) is 6.54 Å². The highest BCUT2D eigenvalue weighted by atomic mass is 16.6. The van der Waals surface area contributed by atoms with Crippen LogP contribution in [0.25, 0.3) is 0 Å². The molecule has 0 N–H and O–H groups in total. The third kappa shape index (κ3) is 2.91. The third-order valence-corrected chi connectivity index (χ3v) is 4.25. The minimum Gasteiger partial charge on any atom is -0.301 e. The molecule has 1 aliphatic rings. The van der Waals surface area contributed by atoms with Gasteiger partial charge in [-0.15, -0.1) is 0 Å². The standard InChI is InChI=1S/C18H14N2O5/c21-11-16(15(10-19(24)25)12-6-2-1-3-7-12)20-17(22)13-8-4-5-9-14(13)18(20)23/h1-9,11,15-16H,10H2/t15-,16+/m0/s1. The van der Waals surface area contributed by atoms with E-state index in [0.29, 0.717) is 11.8 Å². The van der Waals surface area contributed by atoms with Crippen molar-refractivity contribution < 1.29 is 19.3 Å². The first-order valence-corrected chi connectivity index (χ1v) is 7.63. The summed E-state index contributed by atoms with van der Waals surface area (Å²) in [6.45, 7) is -0.569. The molecule has 0 radical (unpaired) electrons. The molecule has 7 nitrogen and oxygen atoms in total. The number of nitrogens with zero attached hydrogens (tertiary/aromatic N) is 2. The van der Waals surface area contributed by atoms with E-state index in [9.17, 15) is 24.5 Å². The molecule has 3 rings (SSSR count). The van der Waals surface area contributed by atoms with Gasteiger partial charge in [0.25, 0.3) is 11.8 Å². The van der Waals surface area contributed by atoms with E-state index in [1.165, 1.54) is 12.1 Å². The van der Waals surface area contributed by atoms with E-state index in [2.05, 4.69) is 0 Å². The number of carbonyl (C=O) groups excluding carboxylic acids is 3. The van der Waals surface area contributed by atoms with Crippen molar-refractivity contribution in [2.75, 3.05) is 6.54 Å². The van der Waals surface area contributed by atoms with Gasteiger partial charge in [0, 0.05) is 4.92 Å². The maximum atomic E-state index is 12.6. The fourth-order valence-corrected chi connectivity index (χ4v) is 3.09. The van der Waals surface area contributed by atoms with Crippen molar-refractivity contribution in [2.24, 2.45) is 0 Å². The summed E-state index contributed by atoms with van der Waals surface area (Å²) in [5.74, 6) is -2.14. The molecule has 2 aromatic carbocycles. The number of benzene rings is 2. The van der Waals surface area contributed by atoms with Crippen LogP contribution in [0.4, 0.5) is 0 Å². The van der Waals surface area contributed by atoms with Crippen molar-refractivity contribution in [3.63, 3.8) is 0 Å². The van der Waals surface area contributed by atoms with Crippen molar-refractivity contribution in [1.29, 1.82) is 0 Å². The molecule has 25 heavy (non-hydrogen) atoms. The quantitative estimate of drug-likeness (QED) is 0.347. The number of carbonyl (C=O) groups is 3. The first-order valence-electron chi connectivity index (χ1n) is 7.63. The Hall–Kier alpha value is -3.35. The summed E-state index contributed by atoms with van der Waals surface area (Å²) in [6.07, 6.45) is 0.433. The highest BCUT2D eigenvalue weighted by Crippen LogP contribution is 2.30. The Labute approximate surface area is 143 Å². The lowest BCUT2D eigenvalue weighted by molar-refractivity contribution is -0.484. The van der Waals surface area contributed by atoms with Gasteiger partial charge in [-0.2, -0.15) is 0 Å². The topological polar surface area (TPSA) is 97.6 Å². The van der Waals surface area contributed by atoms with Gasteiger partial charge < -0.3 is 4.79 Å². The van der Waals surface area contributed by atoms with Crippen LogP contribution in [0.2, 0.25) is 0 Å². The minimum absolute atomic E-state index is 0.201. The summed E-state index contributed by atoms with van der Waals surface area (Å²) in [5, 5.41) is 11.1. The lowest BCUT2D eigenvalue weighted by Crippen LogP contribution is -2.46. The Bertz CT molecular complexity index is 815. The zero-order chi connectivity index (χ0) is 18.0. The molecular weight excluding hydrogens is 324 g/mol. The van der Waals surface area contributed by atoms with Crippen LogP contribution in [-0.2, 0) is 4.79 Å². The van der Waals surface area contributed by atoms with Gasteiger partial charge in [-0.3, -0.25) is 24.6 Å². The van der Waals surface area contributed by atoms with E-state index in [-0.39, 0.29) is 11.1 Å². The zero-order valence-corrected chi connectivity index (χ0v) is 13.1. The number of rotatable bonds is 6. The molecule has 0 spiro atoms. The molecule has 0 bridgehead atoms. The molecule has 2 atom stereocenters. The van der Waals surface area contributed by atoms with Crippen molar-refractivity contribution in [3.05, 3.63) is 81.4 Å². The summed E-state index contributed by atoms with van der Waals surface area (Å²) in [4.78, 5) is 48.4. The fourth-order valence-electron chi connectivity index (χ4n) is 3.09. The number of nitro groups is 1. The van der Waals surface area contributed by atoms with Crippen LogP contribution in [-0.4, -0.2) is 40.5 Å². The molecule has 1 aliphatic heterocycles. The van der Waals surface area contributed by atoms with Crippen molar-refractivity contribution in [2.45, 2.75) is 12.0 Å². The van der Waals surface area contributed by atoms with Crippen LogP contribution in [0.5, 0.6) is 0 Å². The molecule has 0 saturated carbocycles. The number of hydrogen-bond acceptors (Lipinski definition) is 5. The first kappa shape index (κ1) is 16.5. The predicted octanol–water partition coefficient (Wildman–Crippen LogP) is 1.91. The van der Waals surface area contributed by atoms with Gasteiger partial charge >= 0.3 is 0 Å². The van der Waals surface area contributed by atoms with Crippen LogP contribution in [0.1, 0.15) is 32.2 Å². The maximum absolute atomic E-state index is 12.6. The Balaban J connectivity index is 2.03. The second-order valence-electron chi connectivity index (χ2n) is 5.69. The summed E-state index contributed by atoms with van der Waals surface area (Å²) in [6, 6.07) is 13.4. The number of aldehydes is 1. The van der Waals surface area contributed by atoms with Gasteiger partial charge in [0.05, 0.1) is 17.0 Å². The lowest BCUT2D eigenvalue weighted by atomic mass is 9.91. The maximum Gasteiger partial charge on any atom is 0.262 e. The number of amides is 2. The molecule has 1 heterocycles. The highest BCUT2D eigenvalue weighted by Gasteiger charge is 2.44. The van der Waals surface area contributed by atoms with Gasteiger partial charge in [0.1, 0.15) is 12.3 Å². The van der Waals surface area contributed by atoms with Gasteiger partial charge in [-0.05, 0) is 17.7 Å². The molecule has 0 saturated heterocycles. The molecule has 2 aromatic rings. The summed E-state index contributed by atoms with van der Waals surface area (Å²) in [5.41, 5.74) is 0.924. The van der Waals surface area contributed by atoms with Gasteiger partial charge in [-0.1, -0.05) is 42.5 Å². The van der Waals surface area contributed by atoms with Crippen LogP contribution in [0, 0.1) is 10.1 Å². The average molecular weight is 338 g/mol. The van der Waals surface area contributed by atoms with Crippen molar-refractivity contribution in [3.8, 4) is 0 Å². The van der Waals surface area contributed by atoms with Crippen LogP contribution in [0.3, 0.4) is 0 Å². The van der Waals surface area contributed by atoms with Crippen molar-refractivity contribution >= 4 is 18.1 Å². The number of fused-ring (bicyclic) bond motifs is 1. The lowest BCUT2D eigenvalue weighted by Gasteiger charge is -2.27. The fraction of sp³-hybridized carbons (Fsp3) is 0.167. The monoisotopic (exact) mass is 338 g/mol. The average Bonchev–Trinajstić information content (AvgIpc) is 2.87. The van der Waals surface area contributed by atoms with E-state index in [1.54, 1.807) is 42.5 Å². The number of hydrogen-bond donors (Lipinski definition) is 0. The Morgan fingerprint density at radius 3 is 1.96 bits per heavy atom. The third-order valence-electron chi connectivity index (χ3n) is 4.25. The largest absolute Gasteiger partial charge is 0.301 e. The Morgan fingerprint density at radius 2 is 1.48 bits per heavy atom. The normalized spacial score (nSPS) is 15.6. The van der Waals surface area contributed by atoms with E-state index in [0.717, 1.165) is 4.90 Å². The predicted molar refractivity (Wildman–Crippen MR) is 87.8 cm³/mol. The van der Waals surface area contributed by atoms with Gasteiger partial charge in [-0.25, -0.2) is 0 Å². The first-order chi connectivity index (χ1) is 12.0. The Kier molecular flexibility index (Phi) is 4.38. The van der Waals surface area contributed by atoms with Crippen LogP contribution >= 0.6 is 0 Å². The molecular formula is C18H14N2O5. The SMILES string of the molecule is O=C[C@H]([C@@H](C[N+](=O)[O-])c1ccccc1)N1C(=O)c2ccccc2C1=O. The second kappa shape index (κ2) is 6.64. The van der Waals surface area contributed by atoms with Crippen LogP contribution < -0.4 is 0 Å². The zero-order valence-electron chi connectivity index (χ0n) is 13.1. The molecule has 7 heteroatoms. The molecule has 0 aliphatic carbocycles.